The summed E-state index contributed by atoms with van der Waals surface area (Å²) in [5.41, 5.74) is 13.4. The summed E-state index contributed by atoms with van der Waals surface area (Å²) in [5.74, 6) is 2.35. The molecule has 0 aliphatic carbocycles. The highest BCUT2D eigenvalue weighted by molar-refractivity contribution is 6.10. The van der Waals surface area contributed by atoms with Gasteiger partial charge < -0.3 is 4.74 Å². The van der Waals surface area contributed by atoms with Crippen LogP contribution in [0.25, 0.3) is 72.3 Å². The van der Waals surface area contributed by atoms with Crippen molar-refractivity contribution < 1.29 is 9.30 Å². The van der Waals surface area contributed by atoms with E-state index in [1.165, 1.54) is 27.6 Å². The molecule has 61 heavy (non-hydrogen) atoms. The van der Waals surface area contributed by atoms with Crippen LogP contribution >= 0.6 is 0 Å². The first-order valence-electron chi connectivity index (χ1n) is 21.0. The van der Waals surface area contributed by atoms with E-state index in [1.807, 2.05) is 12.3 Å². The number of imidazole rings is 1. The van der Waals surface area contributed by atoms with E-state index in [1.54, 1.807) is 0 Å². The van der Waals surface area contributed by atoms with E-state index in [-0.39, 0.29) is 10.8 Å². The molecule has 0 atom stereocenters. The first-order valence-corrected chi connectivity index (χ1v) is 21.0. The standard InChI is InChI=1S/C56H48N4O/c1-55(2,3)41-20-13-21-43(33-41)59-37-58(51-25-15-24-47(54(51)59)39-18-11-8-12-19-39)44-22-14-23-45(35-44)61-46-27-28-48-49-32-40(38-16-9-7-10-17-38)26-29-50(49)60(52(48)36-46)53-34-42(30-31-57-53)56(4,5)6/h7-36H,1-6H3. The molecule has 0 saturated heterocycles. The van der Waals surface area contributed by atoms with Gasteiger partial charge in [-0.1, -0.05) is 145 Å². The highest BCUT2D eigenvalue weighted by Gasteiger charge is 2.21. The maximum atomic E-state index is 6.79. The van der Waals surface area contributed by atoms with E-state index in [4.69, 9.17) is 9.72 Å². The monoisotopic (exact) mass is 792 g/mol. The lowest BCUT2D eigenvalue weighted by Gasteiger charge is -2.20. The summed E-state index contributed by atoms with van der Waals surface area (Å²) in [4.78, 5) is 4.94. The van der Waals surface area contributed by atoms with Crippen molar-refractivity contribution in [2.24, 2.45) is 0 Å². The van der Waals surface area contributed by atoms with Crippen molar-refractivity contribution in [3.8, 4) is 50.9 Å². The molecule has 10 rings (SSSR count). The molecule has 5 nitrogen and oxygen atoms in total. The van der Waals surface area contributed by atoms with E-state index >= 15 is 0 Å². The topological polar surface area (TPSA) is 35.9 Å². The van der Waals surface area contributed by atoms with Crippen LogP contribution in [0.5, 0.6) is 11.5 Å². The molecular weight excluding hydrogens is 745 g/mol. The lowest BCUT2D eigenvalue weighted by Crippen LogP contribution is -2.30. The van der Waals surface area contributed by atoms with Crippen molar-refractivity contribution in [1.29, 1.82) is 0 Å². The largest absolute Gasteiger partial charge is 0.458 e. The average molecular weight is 793 g/mol. The lowest BCUT2D eigenvalue weighted by molar-refractivity contribution is -0.572. The summed E-state index contributed by atoms with van der Waals surface area (Å²) in [6.07, 6.45) is 5.69. The Bertz CT molecular complexity index is 3230. The van der Waals surface area contributed by atoms with Gasteiger partial charge in [-0.2, -0.15) is 0 Å². The average Bonchev–Trinajstić information content (AvgIpc) is 3.83. The molecule has 0 N–H and O–H groups in total. The van der Waals surface area contributed by atoms with Gasteiger partial charge >= 0.3 is 0 Å². The van der Waals surface area contributed by atoms with Gasteiger partial charge in [-0.15, -0.1) is 0 Å². The van der Waals surface area contributed by atoms with Gasteiger partial charge in [-0.25, -0.2) is 4.98 Å². The number of ether oxygens (including phenoxy) is 1. The minimum Gasteiger partial charge on any atom is -0.458 e. The van der Waals surface area contributed by atoms with Gasteiger partial charge in [0.2, 0.25) is 0 Å². The molecule has 7 aromatic carbocycles. The molecule has 10 aromatic rings. The Morgan fingerprint density at radius 1 is 0.508 bits per heavy atom. The van der Waals surface area contributed by atoms with Gasteiger partial charge in [-0.3, -0.25) is 13.7 Å². The van der Waals surface area contributed by atoms with Gasteiger partial charge in [0.05, 0.1) is 33.4 Å². The summed E-state index contributed by atoms with van der Waals surface area (Å²) < 4.78 is 13.4. The Labute approximate surface area is 357 Å². The zero-order valence-corrected chi connectivity index (χ0v) is 35.5. The predicted octanol–water partition coefficient (Wildman–Crippen LogP) is 13.9. The SMILES string of the molecule is CC(C)(C)c1cccc(-[n+]2[c-]n(-c3cccc(Oc4ccc5c6cc(-c7ccccc7)ccc6n(-c6cc(C(C)(C)C)ccn6)c5c4)c3)c3cccc(-c4ccccc4)c32)c1. The molecule has 0 aliphatic rings. The third-order valence-electron chi connectivity index (χ3n) is 11.7. The van der Waals surface area contributed by atoms with Crippen LogP contribution in [-0.2, 0) is 10.8 Å². The molecule has 5 heteroatoms. The Morgan fingerprint density at radius 3 is 1.98 bits per heavy atom. The molecule has 3 aromatic heterocycles. The molecule has 0 saturated carbocycles. The van der Waals surface area contributed by atoms with Crippen LogP contribution in [-0.4, -0.2) is 14.1 Å². The fraction of sp³-hybridized carbons (Fsp3) is 0.143. The molecule has 0 spiro atoms. The number of nitrogens with zero attached hydrogens (tertiary/aromatic N) is 4. The summed E-state index contributed by atoms with van der Waals surface area (Å²) in [5, 5.41) is 2.30. The van der Waals surface area contributed by atoms with E-state index in [2.05, 4.69) is 231 Å². The Morgan fingerprint density at radius 2 is 1.21 bits per heavy atom. The first kappa shape index (κ1) is 38.0. The van der Waals surface area contributed by atoms with Crippen LogP contribution < -0.4 is 9.30 Å². The van der Waals surface area contributed by atoms with Crippen molar-refractivity contribution in [2.45, 2.75) is 52.4 Å². The van der Waals surface area contributed by atoms with Crippen LogP contribution in [0.15, 0.2) is 182 Å². The minimum atomic E-state index is -0.0302. The van der Waals surface area contributed by atoms with Gasteiger partial charge in [0.15, 0.2) is 0 Å². The number of hydrogen-bond acceptors (Lipinski definition) is 2. The number of rotatable bonds is 7. The summed E-state index contributed by atoms with van der Waals surface area (Å²) in [6, 6.07) is 62.2. The fourth-order valence-electron chi connectivity index (χ4n) is 8.45. The van der Waals surface area contributed by atoms with Crippen molar-refractivity contribution in [2.75, 3.05) is 0 Å². The second-order valence-electron chi connectivity index (χ2n) is 18.0. The molecule has 3 heterocycles. The summed E-state index contributed by atoms with van der Waals surface area (Å²) >= 11 is 0. The second kappa shape index (κ2) is 14.8. The molecule has 0 aliphatic heterocycles. The van der Waals surface area contributed by atoms with Crippen molar-refractivity contribution >= 4 is 32.8 Å². The number of fused-ring (bicyclic) bond motifs is 4. The highest BCUT2D eigenvalue weighted by Crippen LogP contribution is 2.38. The molecule has 0 fully saturated rings. The molecule has 298 valence electrons. The van der Waals surface area contributed by atoms with Crippen LogP contribution in [0, 0.1) is 6.33 Å². The zero-order chi connectivity index (χ0) is 41.9. The minimum absolute atomic E-state index is 0.00166. The number of benzene rings is 7. The molecule has 0 radical (unpaired) electrons. The van der Waals surface area contributed by atoms with E-state index < -0.39 is 0 Å². The quantitative estimate of drug-likeness (QED) is 0.119. The molecular formula is C56H48N4O. The second-order valence-corrected chi connectivity index (χ2v) is 18.0. The van der Waals surface area contributed by atoms with Crippen molar-refractivity contribution in [1.82, 2.24) is 14.1 Å². The van der Waals surface area contributed by atoms with Crippen LogP contribution in [0.2, 0.25) is 0 Å². The number of para-hydroxylation sites is 1. The van der Waals surface area contributed by atoms with E-state index in [0.29, 0.717) is 0 Å². The molecule has 0 unspecified atom stereocenters. The maximum absolute atomic E-state index is 6.79. The number of aromatic nitrogens is 4. The lowest BCUT2D eigenvalue weighted by atomic mass is 9.87. The highest BCUT2D eigenvalue weighted by atomic mass is 16.5. The number of hydrogen-bond donors (Lipinski definition) is 0. The Kier molecular flexibility index (Phi) is 9.21. The first-order chi connectivity index (χ1) is 29.5. The zero-order valence-electron chi connectivity index (χ0n) is 35.5. The van der Waals surface area contributed by atoms with Gasteiger partial charge in [0.1, 0.15) is 17.3 Å². The Balaban J connectivity index is 1.09. The van der Waals surface area contributed by atoms with Crippen LogP contribution in [0.4, 0.5) is 0 Å². The van der Waals surface area contributed by atoms with E-state index in [0.717, 1.165) is 67.3 Å². The predicted molar refractivity (Wildman–Crippen MR) is 251 cm³/mol. The van der Waals surface area contributed by atoms with Gasteiger partial charge in [-0.05, 0) is 111 Å². The third-order valence-corrected chi connectivity index (χ3v) is 11.7. The normalized spacial score (nSPS) is 12.1. The van der Waals surface area contributed by atoms with Crippen molar-refractivity contribution in [3.63, 3.8) is 0 Å². The fourth-order valence-corrected chi connectivity index (χ4v) is 8.45. The summed E-state index contributed by atoms with van der Waals surface area (Å²) in [7, 11) is 0. The van der Waals surface area contributed by atoms with Crippen LogP contribution in [0.1, 0.15) is 52.7 Å². The smallest absolute Gasteiger partial charge is 0.269 e. The molecule has 0 bridgehead atoms. The summed E-state index contributed by atoms with van der Waals surface area (Å²) in [6.45, 7) is 13.5. The van der Waals surface area contributed by atoms with Gasteiger partial charge in [0.25, 0.3) is 6.33 Å². The van der Waals surface area contributed by atoms with Crippen LogP contribution in [0.3, 0.4) is 0 Å². The Hall–Kier alpha value is -7.24. The third kappa shape index (κ3) is 7.06. The molecule has 0 amide bonds. The van der Waals surface area contributed by atoms with E-state index in [9.17, 15) is 0 Å². The maximum Gasteiger partial charge on any atom is 0.269 e. The number of pyridine rings is 1. The van der Waals surface area contributed by atoms with Gasteiger partial charge in [0, 0.05) is 23.0 Å². The van der Waals surface area contributed by atoms with Crippen molar-refractivity contribution in [3.05, 3.63) is 200 Å².